The summed E-state index contributed by atoms with van der Waals surface area (Å²) in [6.45, 7) is 3.78. The van der Waals surface area contributed by atoms with Gasteiger partial charge in [0, 0.05) is 19.2 Å². The number of benzene rings is 1. The molecule has 0 fully saturated rings. The molecule has 0 aliphatic carbocycles. The van der Waals surface area contributed by atoms with Crippen LogP contribution in [0, 0.1) is 12.7 Å². The molecule has 1 amide bonds. The van der Waals surface area contributed by atoms with Gasteiger partial charge in [0.15, 0.2) is 6.61 Å². The maximum Gasteiger partial charge on any atom is 0.258 e. The molecule has 0 aliphatic rings. The van der Waals surface area contributed by atoms with E-state index in [1.54, 1.807) is 26.2 Å². The van der Waals surface area contributed by atoms with Crippen LogP contribution in [0.1, 0.15) is 12.5 Å². The van der Waals surface area contributed by atoms with Crippen LogP contribution in [0.3, 0.4) is 0 Å². The fourth-order valence-corrected chi connectivity index (χ4v) is 1.42. The lowest BCUT2D eigenvalue weighted by molar-refractivity contribution is -0.124. The number of nitrogens with one attached hydrogen (secondary N) is 1. The number of aryl methyl sites for hydroxylation is 1. The Morgan fingerprint density at radius 2 is 2.22 bits per heavy atom. The van der Waals surface area contributed by atoms with Gasteiger partial charge in [-0.2, -0.15) is 0 Å². The maximum atomic E-state index is 13.2. The number of carbonyl (C=O) groups excluding carboxylic acids is 1. The summed E-state index contributed by atoms with van der Waals surface area (Å²) < 4.78 is 23.3. The molecule has 5 heteroatoms. The van der Waals surface area contributed by atoms with E-state index in [2.05, 4.69) is 5.32 Å². The zero-order chi connectivity index (χ0) is 13.5. The van der Waals surface area contributed by atoms with Gasteiger partial charge in [0.1, 0.15) is 11.6 Å². The van der Waals surface area contributed by atoms with Gasteiger partial charge in [0.2, 0.25) is 0 Å². The van der Waals surface area contributed by atoms with Gasteiger partial charge in [0.25, 0.3) is 5.91 Å². The van der Waals surface area contributed by atoms with E-state index in [-0.39, 0.29) is 24.4 Å². The summed E-state index contributed by atoms with van der Waals surface area (Å²) in [7, 11) is 1.56. The third kappa shape index (κ3) is 4.71. The number of halogens is 1. The minimum atomic E-state index is -0.347. The molecule has 1 aromatic carbocycles. The molecule has 18 heavy (non-hydrogen) atoms. The molecule has 0 aromatic heterocycles. The normalized spacial score (nSPS) is 12.0. The minimum Gasteiger partial charge on any atom is -0.484 e. The first-order chi connectivity index (χ1) is 8.52. The number of hydrogen-bond acceptors (Lipinski definition) is 3. The van der Waals surface area contributed by atoms with Gasteiger partial charge < -0.3 is 14.8 Å². The van der Waals surface area contributed by atoms with E-state index in [4.69, 9.17) is 9.47 Å². The number of rotatable bonds is 6. The summed E-state index contributed by atoms with van der Waals surface area (Å²) in [5, 5.41) is 2.69. The molecule has 1 N–H and O–H groups in total. The van der Waals surface area contributed by atoms with Crippen molar-refractivity contribution in [3.8, 4) is 5.75 Å². The van der Waals surface area contributed by atoms with E-state index in [1.807, 2.05) is 6.92 Å². The summed E-state index contributed by atoms with van der Waals surface area (Å²) in [6, 6.07) is 4.42. The molecule has 0 aliphatic heterocycles. The summed E-state index contributed by atoms with van der Waals surface area (Å²) in [4.78, 5) is 11.5. The van der Waals surface area contributed by atoms with Gasteiger partial charge in [-0.15, -0.1) is 0 Å². The van der Waals surface area contributed by atoms with Gasteiger partial charge in [-0.1, -0.05) is 6.07 Å². The highest BCUT2D eigenvalue weighted by atomic mass is 19.1. The summed E-state index contributed by atoms with van der Waals surface area (Å²) >= 11 is 0. The Kier molecular flexibility index (Phi) is 5.58. The van der Waals surface area contributed by atoms with Crippen LogP contribution < -0.4 is 10.1 Å². The maximum absolute atomic E-state index is 13.2. The first-order valence-electron chi connectivity index (χ1n) is 5.70. The van der Waals surface area contributed by atoms with Crippen molar-refractivity contribution >= 4 is 5.91 Å². The fourth-order valence-electron chi connectivity index (χ4n) is 1.42. The van der Waals surface area contributed by atoms with Crippen LogP contribution in [-0.4, -0.2) is 32.3 Å². The van der Waals surface area contributed by atoms with E-state index < -0.39 is 0 Å². The third-order valence-electron chi connectivity index (χ3n) is 2.34. The van der Waals surface area contributed by atoms with Gasteiger partial charge in [-0.3, -0.25) is 4.79 Å². The second kappa shape index (κ2) is 6.96. The van der Waals surface area contributed by atoms with E-state index in [9.17, 15) is 9.18 Å². The van der Waals surface area contributed by atoms with Crippen LogP contribution >= 0.6 is 0 Å². The minimum absolute atomic E-state index is 0.0825. The monoisotopic (exact) mass is 255 g/mol. The molecule has 1 aromatic rings. The first-order valence-corrected chi connectivity index (χ1v) is 5.70. The number of ether oxygens (including phenoxy) is 2. The fraction of sp³-hybridized carbons (Fsp3) is 0.462. The van der Waals surface area contributed by atoms with Gasteiger partial charge >= 0.3 is 0 Å². The Morgan fingerprint density at radius 3 is 2.83 bits per heavy atom. The number of hydrogen-bond donors (Lipinski definition) is 1. The highest BCUT2D eigenvalue weighted by molar-refractivity contribution is 5.77. The number of amides is 1. The van der Waals surface area contributed by atoms with Crippen molar-refractivity contribution in [1.82, 2.24) is 5.32 Å². The lowest BCUT2D eigenvalue weighted by atomic mass is 10.2. The molecule has 1 rings (SSSR count). The Labute approximate surface area is 106 Å². The van der Waals surface area contributed by atoms with Crippen molar-refractivity contribution in [2.45, 2.75) is 19.9 Å². The zero-order valence-corrected chi connectivity index (χ0v) is 10.8. The van der Waals surface area contributed by atoms with Crippen molar-refractivity contribution in [1.29, 1.82) is 0 Å². The first kappa shape index (κ1) is 14.4. The average Bonchev–Trinajstić information content (AvgIpc) is 2.31. The second-order valence-corrected chi connectivity index (χ2v) is 4.12. The second-order valence-electron chi connectivity index (χ2n) is 4.12. The third-order valence-corrected chi connectivity index (χ3v) is 2.34. The topological polar surface area (TPSA) is 47.6 Å². The molecule has 0 heterocycles. The van der Waals surface area contributed by atoms with E-state index in [0.29, 0.717) is 17.9 Å². The molecule has 1 unspecified atom stereocenters. The van der Waals surface area contributed by atoms with Crippen molar-refractivity contribution in [2.75, 3.05) is 20.3 Å². The molecule has 1 atom stereocenters. The quantitative estimate of drug-likeness (QED) is 0.841. The van der Waals surface area contributed by atoms with Crippen LogP contribution in [0.25, 0.3) is 0 Å². The lowest BCUT2D eigenvalue weighted by Gasteiger charge is -2.13. The van der Waals surface area contributed by atoms with Crippen molar-refractivity contribution < 1.29 is 18.7 Å². The van der Waals surface area contributed by atoms with Crippen LogP contribution in [0.2, 0.25) is 0 Å². The molecular weight excluding hydrogens is 237 g/mol. The number of methoxy groups -OCH3 is 1. The standard InChI is InChI=1S/C13H18FNO3/c1-9-4-5-11(6-12(9)14)18-8-13(16)15-10(2)7-17-3/h4-6,10H,7-8H2,1-3H3,(H,15,16). The van der Waals surface area contributed by atoms with E-state index in [0.717, 1.165) is 0 Å². The number of carbonyl (C=O) groups is 1. The van der Waals surface area contributed by atoms with E-state index >= 15 is 0 Å². The van der Waals surface area contributed by atoms with Crippen molar-refractivity contribution in [3.05, 3.63) is 29.6 Å². The zero-order valence-electron chi connectivity index (χ0n) is 10.8. The average molecular weight is 255 g/mol. The van der Waals surface area contributed by atoms with Crippen molar-refractivity contribution in [3.63, 3.8) is 0 Å². The Bertz CT molecular complexity index is 409. The smallest absolute Gasteiger partial charge is 0.258 e. The lowest BCUT2D eigenvalue weighted by Crippen LogP contribution is -2.38. The summed E-state index contributed by atoms with van der Waals surface area (Å²) in [6.07, 6.45) is 0. The largest absolute Gasteiger partial charge is 0.484 e. The molecule has 0 saturated carbocycles. The molecule has 0 spiro atoms. The molecule has 0 saturated heterocycles. The van der Waals surface area contributed by atoms with E-state index in [1.165, 1.54) is 6.07 Å². The molecular formula is C13H18FNO3. The highest BCUT2D eigenvalue weighted by Gasteiger charge is 2.08. The van der Waals surface area contributed by atoms with Gasteiger partial charge in [-0.25, -0.2) is 4.39 Å². The Hall–Kier alpha value is -1.62. The summed E-state index contributed by atoms with van der Waals surface area (Å²) in [5.41, 5.74) is 0.542. The highest BCUT2D eigenvalue weighted by Crippen LogP contribution is 2.15. The Balaban J connectivity index is 2.40. The molecule has 4 nitrogen and oxygen atoms in total. The van der Waals surface area contributed by atoms with Crippen LogP contribution in [-0.2, 0) is 9.53 Å². The van der Waals surface area contributed by atoms with Crippen molar-refractivity contribution in [2.24, 2.45) is 0 Å². The molecule has 0 bridgehead atoms. The molecule has 0 radical (unpaired) electrons. The summed E-state index contributed by atoms with van der Waals surface area (Å²) in [5.74, 6) is -0.270. The molecule has 100 valence electrons. The SMILES string of the molecule is COCC(C)NC(=O)COc1ccc(C)c(F)c1. The van der Waals surface area contributed by atoms with Crippen LogP contribution in [0.15, 0.2) is 18.2 Å². The van der Waals surface area contributed by atoms with Gasteiger partial charge in [0.05, 0.1) is 6.61 Å². The predicted molar refractivity (Wildman–Crippen MR) is 66.1 cm³/mol. The van der Waals surface area contributed by atoms with Crippen LogP contribution in [0.4, 0.5) is 4.39 Å². The predicted octanol–water partition coefficient (Wildman–Crippen LogP) is 1.66. The van der Waals surface area contributed by atoms with Crippen LogP contribution in [0.5, 0.6) is 5.75 Å². The van der Waals surface area contributed by atoms with Gasteiger partial charge in [-0.05, 0) is 25.5 Å². The Morgan fingerprint density at radius 1 is 1.50 bits per heavy atom.